The van der Waals surface area contributed by atoms with Gasteiger partial charge in [-0.2, -0.15) is 0 Å². The zero-order valence-electron chi connectivity index (χ0n) is 12.7. The van der Waals surface area contributed by atoms with E-state index in [0.717, 1.165) is 35.9 Å². The first-order valence-corrected chi connectivity index (χ1v) is 8.24. The van der Waals surface area contributed by atoms with Gasteiger partial charge in [0, 0.05) is 17.0 Å². The molecule has 118 valence electrons. The zero-order chi connectivity index (χ0) is 16.1. The summed E-state index contributed by atoms with van der Waals surface area (Å²) in [6.07, 6.45) is 2.93. The van der Waals surface area contributed by atoms with Crippen LogP contribution >= 0.6 is 12.6 Å². The Labute approximate surface area is 140 Å². The lowest BCUT2D eigenvalue weighted by atomic mass is 10.1. The van der Waals surface area contributed by atoms with E-state index in [9.17, 15) is 4.79 Å². The van der Waals surface area contributed by atoms with Crippen LogP contribution in [0.3, 0.4) is 0 Å². The Bertz CT molecular complexity index is 829. The standard InChI is InChI=1S/C19H19NO2S/c21-18-12-9-15-13-16(10-11-17(15)20-18)22-19(23)8-4-7-14-5-2-1-3-6-14/h1-3,5-6,9-13,19,23H,4,7-8H2,(H,20,21). The largest absolute Gasteiger partial charge is 0.480 e. The summed E-state index contributed by atoms with van der Waals surface area (Å²) >= 11 is 4.52. The predicted octanol–water partition coefficient (Wildman–Crippen LogP) is 4.19. The van der Waals surface area contributed by atoms with E-state index < -0.39 is 0 Å². The molecule has 0 fully saturated rings. The Morgan fingerprint density at radius 1 is 1.04 bits per heavy atom. The fraction of sp³-hybridized carbons (Fsp3) is 0.211. The highest BCUT2D eigenvalue weighted by atomic mass is 32.1. The molecule has 0 saturated carbocycles. The van der Waals surface area contributed by atoms with Crippen LogP contribution in [0.5, 0.6) is 5.75 Å². The minimum atomic E-state index is -0.140. The van der Waals surface area contributed by atoms with Gasteiger partial charge in [0.05, 0.1) is 0 Å². The minimum absolute atomic E-state index is 0.0980. The monoisotopic (exact) mass is 325 g/mol. The quantitative estimate of drug-likeness (QED) is 0.527. The maximum absolute atomic E-state index is 11.3. The summed E-state index contributed by atoms with van der Waals surface area (Å²) in [4.78, 5) is 14.1. The summed E-state index contributed by atoms with van der Waals surface area (Å²) in [6.45, 7) is 0. The van der Waals surface area contributed by atoms with Crippen LogP contribution in [0, 0.1) is 0 Å². The number of thiol groups is 1. The van der Waals surface area contributed by atoms with Crippen LogP contribution in [-0.2, 0) is 6.42 Å². The van der Waals surface area contributed by atoms with E-state index in [0.29, 0.717) is 0 Å². The highest BCUT2D eigenvalue weighted by molar-refractivity contribution is 7.80. The molecule has 23 heavy (non-hydrogen) atoms. The molecular weight excluding hydrogens is 306 g/mol. The molecule has 3 nitrogen and oxygen atoms in total. The summed E-state index contributed by atoms with van der Waals surface area (Å²) in [7, 11) is 0. The molecule has 1 unspecified atom stereocenters. The second-order valence-electron chi connectivity index (χ2n) is 5.52. The van der Waals surface area contributed by atoms with Crippen molar-refractivity contribution in [1.29, 1.82) is 0 Å². The molecule has 1 aromatic heterocycles. The third-order valence-electron chi connectivity index (χ3n) is 3.73. The van der Waals surface area contributed by atoms with Gasteiger partial charge in [-0.25, -0.2) is 0 Å². The number of aryl methyl sites for hydroxylation is 1. The van der Waals surface area contributed by atoms with Crippen molar-refractivity contribution in [3.63, 3.8) is 0 Å². The first-order chi connectivity index (χ1) is 11.2. The van der Waals surface area contributed by atoms with Crippen molar-refractivity contribution in [2.24, 2.45) is 0 Å². The van der Waals surface area contributed by atoms with Gasteiger partial charge in [0.1, 0.15) is 11.2 Å². The number of benzene rings is 2. The van der Waals surface area contributed by atoms with Gasteiger partial charge in [0.25, 0.3) is 0 Å². The number of hydrogen-bond acceptors (Lipinski definition) is 3. The average molecular weight is 325 g/mol. The summed E-state index contributed by atoms with van der Waals surface area (Å²) in [6, 6.07) is 19.4. The summed E-state index contributed by atoms with van der Waals surface area (Å²) in [5, 5.41) is 0.951. The molecule has 0 aliphatic carbocycles. The molecule has 0 spiro atoms. The fourth-order valence-corrected chi connectivity index (χ4v) is 2.85. The van der Waals surface area contributed by atoms with Crippen molar-refractivity contribution >= 4 is 23.5 Å². The molecule has 0 bridgehead atoms. The maximum atomic E-state index is 11.3. The summed E-state index contributed by atoms with van der Waals surface area (Å²) < 4.78 is 5.86. The van der Waals surface area contributed by atoms with Gasteiger partial charge in [-0.15, -0.1) is 12.6 Å². The Morgan fingerprint density at radius 2 is 1.87 bits per heavy atom. The number of ether oxygens (including phenoxy) is 1. The third-order valence-corrected chi connectivity index (χ3v) is 4.09. The van der Waals surface area contributed by atoms with E-state index in [-0.39, 0.29) is 11.0 Å². The van der Waals surface area contributed by atoms with Gasteiger partial charge in [0.2, 0.25) is 5.56 Å². The van der Waals surface area contributed by atoms with E-state index in [1.165, 1.54) is 11.6 Å². The molecule has 0 saturated heterocycles. The minimum Gasteiger partial charge on any atom is -0.480 e. The molecule has 3 rings (SSSR count). The molecule has 3 aromatic rings. The van der Waals surface area contributed by atoms with Crippen LogP contribution in [0.2, 0.25) is 0 Å². The molecule has 1 heterocycles. The Kier molecular flexibility index (Phi) is 5.03. The first kappa shape index (κ1) is 15.7. The van der Waals surface area contributed by atoms with Crippen LogP contribution in [-0.4, -0.2) is 10.4 Å². The van der Waals surface area contributed by atoms with Crippen molar-refractivity contribution in [2.75, 3.05) is 0 Å². The van der Waals surface area contributed by atoms with E-state index in [1.54, 1.807) is 6.07 Å². The number of hydrogen-bond donors (Lipinski definition) is 2. The number of aromatic nitrogens is 1. The first-order valence-electron chi connectivity index (χ1n) is 7.72. The summed E-state index contributed by atoms with van der Waals surface area (Å²) in [5.41, 5.74) is 1.91. The van der Waals surface area contributed by atoms with Gasteiger partial charge < -0.3 is 9.72 Å². The van der Waals surface area contributed by atoms with Crippen molar-refractivity contribution in [3.05, 3.63) is 76.6 Å². The number of aromatic amines is 1. The lowest BCUT2D eigenvalue weighted by molar-refractivity contribution is 0.276. The smallest absolute Gasteiger partial charge is 0.248 e. The molecular formula is C19H19NO2S. The fourth-order valence-electron chi connectivity index (χ4n) is 2.55. The number of pyridine rings is 1. The third kappa shape index (κ3) is 4.39. The van der Waals surface area contributed by atoms with E-state index in [2.05, 4.69) is 41.9 Å². The van der Waals surface area contributed by atoms with Crippen LogP contribution in [0.4, 0.5) is 0 Å². The second kappa shape index (κ2) is 7.38. The SMILES string of the molecule is O=c1ccc2cc(OC(S)CCCc3ccccc3)ccc2[nH]1. The number of fused-ring (bicyclic) bond motifs is 1. The van der Waals surface area contributed by atoms with E-state index in [1.807, 2.05) is 24.3 Å². The lowest BCUT2D eigenvalue weighted by Crippen LogP contribution is -2.09. The van der Waals surface area contributed by atoms with Crippen LogP contribution < -0.4 is 10.3 Å². The summed E-state index contributed by atoms with van der Waals surface area (Å²) in [5.74, 6) is 0.768. The highest BCUT2D eigenvalue weighted by Crippen LogP contribution is 2.21. The molecule has 4 heteroatoms. The van der Waals surface area contributed by atoms with Crippen molar-refractivity contribution in [2.45, 2.75) is 24.7 Å². The van der Waals surface area contributed by atoms with Gasteiger partial charge in [0.15, 0.2) is 0 Å². The highest BCUT2D eigenvalue weighted by Gasteiger charge is 2.06. The van der Waals surface area contributed by atoms with Gasteiger partial charge >= 0.3 is 0 Å². The van der Waals surface area contributed by atoms with E-state index >= 15 is 0 Å². The zero-order valence-corrected chi connectivity index (χ0v) is 13.6. The predicted molar refractivity (Wildman–Crippen MR) is 97.4 cm³/mol. The van der Waals surface area contributed by atoms with Crippen molar-refractivity contribution < 1.29 is 4.74 Å². The Morgan fingerprint density at radius 3 is 2.70 bits per heavy atom. The number of nitrogens with one attached hydrogen (secondary N) is 1. The number of rotatable bonds is 6. The van der Waals surface area contributed by atoms with Crippen LogP contribution in [0.25, 0.3) is 10.9 Å². The maximum Gasteiger partial charge on any atom is 0.248 e. The van der Waals surface area contributed by atoms with Crippen LogP contribution in [0.1, 0.15) is 18.4 Å². The lowest BCUT2D eigenvalue weighted by Gasteiger charge is -2.14. The van der Waals surface area contributed by atoms with Gasteiger partial charge in [-0.3, -0.25) is 4.79 Å². The Hall–Kier alpha value is -2.20. The number of H-pyrrole nitrogens is 1. The van der Waals surface area contributed by atoms with Gasteiger partial charge in [-0.1, -0.05) is 30.3 Å². The molecule has 0 aliphatic heterocycles. The Balaban J connectivity index is 1.56. The molecule has 0 amide bonds. The van der Waals surface area contributed by atoms with Crippen molar-refractivity contribution in [1.82, 2.24) is 4.98 Å². The molecule has 0 radical (unpaired) electrons. The average Bonchev–Trinajstić information content (AvgIpc) is 2.56. The molecule has 1 N–H and O–H groups in total. The second-order valence-corrected chi connectivity index (χ2v) is 6.10. The van der Waals surface area contributed by atoms with Gasteiger partial charge in [-0.05, 0) is 49.1 Å². The van der Waals surface area contributed by atoms with Crippen LogP contribution in [0.15, 0.2) is 65.5 Å². The molecule has 0 aliphatic rings. The normalized spacial score (nSPS) is 12.2. The molecule has 1 atom stereocenters. The topological polar surface area (TPSA) is 42.1 Å². The van der Waals surface area contributed by atoms with Crippen molar-refractivity contribution in [3.8, 4) is 5.75 Å². The molecule has 2 aromatic carbocycles. The van der Waals surface area contributed by atoms with E-state index in [4.69, 9.17) is 4.74 Å².